The molecule has 0 heterocycles. The number of carbonyl (C=O) groups excluding carboxylic acids is 1. The summed E-state index contributed by atoms with van der Waals surface area (Å²) in [6.45, 7) is 2.71. The molecule has 26 heavy (non-hydrogen) atoms. The van der Waals surface area contributed by atoms with Crippen LogP contribution in [0.2, 0.25) is 0 Å². The third-order valence-corrected chi connectivity index (χ3v) is 4.59. The largest absolute Gasteiger partial charge is 0.497 e. The second-order valence-corrected chi connectivity index (χ2v) is 6.62. The number of aryl methyl sites for hydroxylation is 1. The zero-order chi connectivity index (χ0) is 18.5. The molecule has 136 valence electrons. The van der Waals surface area contributed by atoms with Crippen LogP contribution in [0, 0.1) is 6.92 Å². The lowest BCUT2D eigenvalue weighted by Crippen LogP contribution is -2.31. The van der Waals surface area contributed by atoms with Crippen molar-refractivity contribution in [3.05, 3.63) is 65.2 Å². The third kappa shape index (κ3) is 4.45. The lowest BCUT2D eigenvalue weighted by atomic mass is 10.1. The van der Waals surface area contributed by atoms with Gasteiger partial charge in [0.05, 0.1) is 14.2 Å². The van der Waals surface area contributed by atoms with Crippen LogP contribution >= 0.6 is 0 Å². The summed E-state index contributed by atoms with van der Waals surface area (Å²) in [4.78, 5) is 14.7. The van der Waals surface area contributed by atoms with E-state index in [2.05, 4.69) is 31.2 Å². The standard InChI is InChI=1S/C22H25NO3/c1-16-4-6-17(7-5-16)15-23(19-10-11-19)22(24)13-9-18-8-12-20(25-2)14-21(18)26-3/h4-9,12-14,19H,10-11,15H2,1-3H3/b13-9+. The van der Waals surface area contributed by atoms with Gasteiger partial charge < -0.3 is 14.4 Å². The highest BCUT2D eigenvalue weighted by atomic mass is 16.5. The van der Waals surface area contributed by atoms with Crippen molar-refractivity contribution in [1.29, 1.82) is 0 Å². The summed E-state index contributed by atoms with van der Waals surface area (Å²) in [5.74, 6) is 1.44. The minimum atomic E-state index is 0.0333. The van der Waals surface area contributed by atoms with Crippen LogP contribution in [0.15, 0.2) is 48.5 Å². The summed E-state index contributed by atoms with van der Waals surface area (Å²) in [7, 11) is 3.23. The maximum atomic E-state index is 12.8. The van der Waals surface area contributed by atoms with Crippen LogP contribution in [0.25, 0.3) is 6.08 Å². The first kappa shape index (κ1) is 18.1. The molecule has 2 aromatic carbocycles. The highest BCUT2D eigenvalue weighted by Crippen LogP contribution is 2.29. The average Bonchev–Trinajstić information content (AvgIpc) is 3.50. The highest BCUT2D eigenvalue weighted by molar-refractivity contribution is 5.92. The van der Waals surface area contributed by atoms with E-state index in [1.807, 2.05) is 29.2 Å². The lowest BCUT2D eigenvalue weighted by molar-refractivity contribution is -0.127. The molecule has 2 aromatic rings. The predicted octanol–water partition coefficient (Wildman–Crippen LogP) is 4.22. The summed E-state index contributed by atoms with van der Waals surface area (Å²) in [5.41, 5.74) is 3.24. The van der Waals surface area contributed by atoms with E-state index in [-0.39, 0.29) is 5.91 Å². The van der Waals surface area contributed by atoms with Crippen molar-refractivity contribution >= 4 is 12.0 Å². The van der Waals surface area contributed by atoms with Gasteiger partial charge in [0.25, 0.3) is 0 Å². The SMILES string of the molecule is COc1ccc(/C=C/C(=O)N(Cc2ccc(C)cc2)C2CC2)c(OC)c1. The summed E-state index contributed by atoms with van der Waals surface area (Å²) in [6.07, 6.45) is 5.61. The van der Waals surface area contributed by atoms with Crippen LogP contribution in [0.1, 0.15) is 29.5 Å². The van der Waals surface area contributed by atoms with Gasteiger partial charge >= 0.3 is 0 Å². The van der Waals surface area contributed by atoms with E-state index in [1.54, 1.807) is 20.3 Å². The molecule has 1 amide bonds. The van der Waals surface area contributed by atoms with E-state index in [0.29, 0.717) is 18.3 Å². The molecule has 0 unspecified atom stereocenters. The van der Waals surface area contributed by atoms with Gasteiger partial charge in [-0.05, 0) is 43.5 Å². The van der Waals surface area contributed by atoms with E-state index in [4.69, 9.17) is 9.47 Å². The Balaban J connectivity index is 1.74. The summed E-state index contributed by atoms with van der Waals surface area (Å²) in [6, 6.07) is 14.3. The van der Waals surface area contributed by atoms with Crippen LogP contribution in [0.3, 0.4) is 0 Å². The Hall–Kier alpha value is -2.75. The van der Waals surface area contributed by atoms with Crippen LogP contribution in [-0.2, 0) is 11.3 Å². The van der Waals surface area contributed by atoms with Crippen molar-refractivity contribution < 1.29 is 14.3 Å². The van der Waals surface area contributed by atoms with Crippen LogP contribution in [0.4, 0.5) is 0 Å². The average molecular weight is 351 g/mol. The molecule has 4 nitrogen and oxygen atoms in total. The fourth-order valence-corrected chi connectivity index (χ4v) is 2.88. The van der Waals surface area contributed by atoms with Gasteiger partial charge in [0.2, 0.25) is 5.91 Å². The zero-order valence-corrected chi connectivity index (χ0v) is 15.6. The molecule has 1 aliphatic carbocycles. The van der Waals surface area contributed by atoms with Crippen molar-refractivity contribution in [2.45, 2.75) is 32.4 Å². The molecule has 0 aromatic heterocycles. The van der Waals surface area contributed by atoms with Crippen molar-refractivity contribution in [2.75, 3.05) is 14.2 Å². The first-order chi connectivity index (χ1) is 12.6. The topological polar surface area (TPSA) is 38.8 Å². The smallest absolute Gasteiger partial charge is 0.247 e. The maximum absolute atomic E-state index is 12.8. The van der Waals surface area contributed by atoms with Gasteiger partial charge in [-0.3, -0.25) is 4.79 Å². The Labute approximate surface area is 155 Å². The molecule has 0 atom stereocenters. The van der Waals surface area contributed by atoms with E-state index in [1.165, 1.54) is 5.56 Å². The van der Waals surface area contributed by atoms with Crippen molar-refractivity contribution in [2.24, 2.45) is 0 Å². The number of benzene rings is 2. The molecule has 3 rings (SSSR count). The Bertz CT molecular complexity index is 792. The maximum Gasteiger partial charge on any atom is 0.247 e. The fraction of sp³-hybridized carbons (Fsp3) is 0.318. The number of rotatable bonds is 7. The Kier molecular flexibility index (Phi) is 5.61. The monoisotopic (exact) mass is 351 g/mol. The molecule has 0 saturated heterocycles. The molecule has 1 saturated carbocycles. The van der Waals surface area contributed by atoms with Gasteiger partial charge in [-0.2, -0.15) is 0 Å². The molecule has 0 spiro atoms. The number of hydrogen-bond donors (Lipinski definition) is 0. The molecule has 0 N–H and O–H groups in total. The van der Waals surface area contributed by atoms with Crippen LogP contribution in [0.5, 0.6) is 11.5 Å². The van der Waals surface area contributed by atoms with E-state index in [9.17, 15) is 4.79 Å². The summed E-state index contributed by atoms with van der Waals surface area (Å²) < 4.78 is 10.6. The molecule has 0 radical (unpaired) electrons. The van der Waals surface area contributed by atoms with E-state index in [0.717, 1.165) is 29.7 Å². The van der Waals surface area contributed by atoms with Crippen LogP contribution < -0.4 is 9.47 Å². The number of carbonyl (C=O) groups is 1. The molecule has 0 bridgehead atoms. The number of hydrogen-bond acceptors (Lipinski definition) is 3. The quantitative estimate of drug-likeness (QED) is 0.701. The minimum absolute atomic E-state index is 0.0333. The Morgan fingerprint density at radius 2 is 1.85 bits per heavy atom. The minimum Gasteiger partial charge on any atom is -0.497 e. The van der Waals surface area contributed by atoms with Crippen molar-refractivity contribution in [3.63, 3.8) is 0 Å². The lowest BCUT2D eigenvalue weighted by Gasteiger charge is -2.21. The number of amides is 1. The molecular formula is C22H25NO3. The molecule has 1 fully saturated rings. The predicted molar refractivity (Wildman–Crippen MR) is 103 cm³/mol. The number of ether oxygens (including phenoxy) is 2. The fourth-order valence-electron chi connectivity index (χ4n) is 2.88. The number of methoxy groups -OCH3 is 2. The molecule has 0 aliphatic heterocycles. The second-order valence-electron chi connectivity index (χ2n) is 6.62. The Morgan fingerprint density at radius 1 is 1.12 bits per heavy atom. The molecular weight excluding hydrogens is 326 g/mol. The van der Waals surface area contributed by atoms with Gasteiger partial charge in [0.1, 0.15) is 11.5 Å². The van der Waals surface area contributed by atoms with Crippen LogP contribution in [-0.4, -0.2) is 31.1 Å². The van der Waals surface area contributed by atoms with Gasteiger partial charge in [-0.25, -0.2) is 0 Å². The summed E-state index contributed by atoms with van der Waals surface area (Å²) in [5, 5.41) is 0. The van der Waals surface area contributed by atoms with Gasteiger partial charge in [-0.1, -0.05) is 29.8 Å². The number of nitrogens with zero attached hydrogens (tertiary/aromatic N) is 1. The first-order valence-electron chi connectivity index (χ1n) is 8.87. The van der Waals surface area contributed by atoms with Gasteiger partial charge in [0.15, 0.2) is 0 Å². The first-order valence-corrected chi connectivity index (χ1v) is 8.87. The second kappa shape index (κ2) is 8.09. The normalized spacial score (nSPS) is 13.7. The van der Waals surface area contributed by atoms with Crippen molar-refractivity contribution in [3.8, 4) is 11.5 Å². The van der Waals surface area contributed by atoms with Gasteiger partial charge in [0, 0.05) is 30.3 Å². The Morgan fingerprint density at radius 3 is 2.46 bits per heavy atom. The highest BCUT2D eigenvalue weighted by Gasteiger charge is 2.31. The zero-order valence-electron chi connectivity index (χ0n) is 15.6. The van der Waals surface area contributed by atoms with Gasteiger partial charge in [-0.15, -0.1) is 0 Å². The molecule has 1 aliphatic rings. The molecule has 4 heteroatoms. The van der Waals surface area contributed by atoms with Crippen molar-refractivity contribution in [1.82, 2.24) is 4.90 Å². The van der Waals surface area contributed by atoms with E-state index >= 15 is 0 Å². The summed E-state index contributed by atoms with van der Waals surface area (Å²) >= 11 is 0. The third-order valence-electron chi connectivity index (χ3n) is 4.59. The van der Waals surface area contributed by atoms with E-state index < -0.39 is 0 Å².